The van der Waals surface area contributed by atoms with E-state index >= 15 is 0 Å². The van der Waals surface area contributed by atoms with Crippen molar-refractivity contribution in [2.45, 2.75) is 39.2 Å². The van der Waals surface area contributed by atoms with Crippen LogP contribution in [0.5, 0.6) is 0 Å². The topological polar surface area (TPSA) is 55.8 Å². The predicted molar refractivity (Wildman–Crippen MR) is 69.8 cm³/mol. The van der Waals surface area contributed by atoms with Crippen molar-refractivity contribution in [3.05, 3.63) is 0 Å². The molecular formula is C14H23NO4. The second-order valence-electron chi connectivity index (χ2n) is 6.60. The van der Waals surface area contributed by atoms with Gasteiger partial charge in [0.1, 0.15) is 11.4 Å². The van der Waals surface area contributed by atoms with E-state index in [1.165, 1.54) is 0 Å². The van der Waals surface area contributed by atoms with Gasteiger partial charge in [-0.3, -0.25) is 4.79 Å². The van der Waals surface area contributed by atoms with E-state index in [1.807, 2.05) is 20.8 Å². The first-order chi connectivity index (χ1) is 8.83. The van der Waals surface area contributed by atoms with Crippen molar-refractivity contribution in [2.75, 3.05) is 26.3 Å². The lowest BCUT2D eigenvalue weighted by Gasteiger charge is -2.36. The summed E-state index contributed by atoms with van der Waals surface area (Å²) in [5.41, 5.74) is -0.485. The number of fused-ring (bicyclic) bond motifs is 6. The Morgan fingerprint density at radius 1 is 1.21 bits per heavy atom. The third-order valence-corrected chi connectivity index (χ3v) is 3.35. The van der Waals surface area contributed by atoms with E-state index in [0.29, 0.717) is 44.9 Å². The molecule has 108 valence electrons. The molecule has 3 aliphatic rings. The van der Waals surface area contributed by atoms with Crippen molar-refractivity contribution in [1.82, 2.24) is 4.90 Å². The van der Waals surface area contributed by atoms with Crippen LogP contribution in [-0.2, 0) is 14.3 Å². The normalized spacial score (nSPS) is 28.6. The van der Waals surface area contributed by atoms with E-state index in [2.05, 4.69) is 0 Å². The molecule has 0 aromatic rings. The zero-order chi connectivity index (χ0) is 14.0. The molecule has 2 unspecified atom stereocenters. The minimum atomic E-state index is -0.485. The molecule has 3 heterocycles. The molecule has 0 aromatic heterocycles. The molecule has 0 radical (unpaired) electrons. The van der Waals surface area contributed by atoms with Crippen LogP contribution >= 0.6 is 0 Å². The average Bonchev–Trinajstić information content (AvgIpc) is 2.16. The molecule has 3 aliphatic heterocycles. The monoisotopic (exact) mass is 269 g/mol. The van der Waals surface area contributed by atoms with Crippen LogP contribution in [0.3, 0.4) is 0 Å². The van der Waals surface area contributed by atoms with Crippen LogP contribution < -0.4 is 0 Å². The maximum absolute atomic E-state index is 12.2. The van der Waals surface area contributed by atoms with Gasteiger partial charge in [0.05, 0.1) is 13.2 Å². The van der Waals surface area contributed by atoms with Gasteiger partial charge in [-0.2, -0.15) is 0 Å². The van der Waals surface area contributed by atoms with Gasteiger partial charge in [-0.1, -0.05) is 0 Å². The first-order valence-electron chi connectivity index (χ1n) is 6.91. The maximum Gasteiger partial charge on any atom is 0.410 e. The van der Waals surface area contributed by atoms with Crippen molar-refractivity contribution < 1.29 is 19.1 Å². The van der Waals surface area contributed by atoms with Crippen molar-refractivity contribution in [3.8, 4) is 0 Å². The number of hydrogen-bond acceptors (Lipinski definition) is 4. The second-order valence-corrected chi connectivity index (χ2v) is 6.60. The zero-order valence-electron chi connectivity index (χ0n) is 12.0. The number of rotatable bonds is 0. The quantitative estimate of drug-likeness (QED) is 0.673. The fourth-order valence-corrected chi connectivity index (χ4v) is 2.65. The zero-order valence-corrected chi connectivity index (χ0v) is 12.0. The minimum absolute atomic E-state index is 0.0984. The highest BCUT2D eigenvalue weighted by atomic mass is 16.6. The Morgan fingerprint density at radius 3 is 2.21 bits per heavy atom. The van der Waals surface area contributed by atoms with Gasteiger partial charge < -0.3 is 14.4 Å². The molecule has 0 aromatic carbocycles. The van der Waals surface area contributed by atoms with E-state index in [4.69, 9.17) is 9.47 Å². The Kier molecular flexibility index (Phi) is 4.13. The van der Waals surface area contributed by atoms with E-state index < -0.39 is 5.60 Å². The molecule has 0 spiro atoms. The fourth-order valence-electron chi connectivity index (χ4n) is 2.65. The number of Topliss-reactive ketones (excluding diaryl/α,β-unsaturated/α-hetero) is 1. The number of amides is 1. The molecule has 2 bridgehead atoms. The number of carbonyl (C=O) groups is 2. The van der Waals surface area contributed by atoms with Gasteiger partial charge >= 0.3 is 6.09 Å². The van der Waals surface area contributed by atoms with Crippen molar-refractivity contribution >= 4 is 11.9 Å². The van der Waals surface area contributed by atoms with Gasteiger partial charge in [-0.05, 0) is 20.8 Å². The molecule has 0 aliphatic carbocycles. The number of hydrogen-bond donors (Lipinski definition) is 0. The summed E-state index contributed by atoms with van der Waals surface area (Å²) >= 11 is 0. The third kappa shape index (κ3) is 4.20. The Bertz CT molecular complexity index is 343. The Labute approximate surface area is 114 Å². The highest BCUT2D eigenvalue weighted by Crippen LogP contribution is 2.23. The van der Waals surface area contributed by atoms with Gasteiger partial charge in [0, 0.05) is 37.8 Å². The Hall–Kier alpha value is -1.10. The van der Waals surface area contributed by atoms with E-state index in [0.717, 1.165) is 0 Å². The molecule has 3 rings (SSSR count). The van der Waals surface area contributed by atoms with Crippen LogP contribution in [-0.4, -0.2) is 48.7 Å². The molecule has 3 fully saturated rings. The summed E-state index contributed by atoms with van der Waals surface area (Å²) < 4.78 is 11.0. The lowest BCUT2D eigenvalue weighted by molar-refractivity contribution is -0.125. The highest BCUT2D eigenvalue weighted by molar-refractivity contribution is 5.79. The first-order valence-corrected chi connectivity index (χ1v) is 6.91. The van der Waals surface area contributed by atoms with Gasteiger partial charge in [0.25, 0.3) is 0 Å². The second kappa shape index (κ2) is 5.49. The van der Waals surface area contributed by atoms with Crippen LogP contribution in [0.25, 0.3) is 0 Å². The molecule has 0 N–H and O–H groups in total. The minimum Gasteiger partial charge on any atom is -0.444 e. The van der Waals surface area contributed by atoms with Crippen LogP contribution in [0.1, 0.15) is 33.6 Å². The fraction of sp³-hybridized carbons (Fsp3) is 0.857. The standard InChI is InChI=1S/C14H23NO4/c1-14(2,3)19-13(17)15-6-10-4-12(16)5-11(7-15)9-18-8-10/h10-11H,4-9H2,1-3H3. The van der Waals surface area contributed by atoms with Crippen LogP contribution in [0.15, 0.2) is 0 Å². The van der Waals surface area contributed by atoms with Gasteiger partial charge in [-0.25, -0.2) is 4.79 Å². The smallest absolute Gasteiger partial charge is 0.410 e. The molecule has 2 atom stereocenters. The lowest BCUT2D eigenvalue weighted by atomic mass is 9.91. The largest absolute Gasteiger partial charge is 0.444 e. The maximum atomic E-state index is 12.2. The first kappa shape index (κ1) is 14.3. The molecule has 19 heavy (non-hydrogen) atoms. The molecule has 5 nitrogen and oxygen atoms in total. The Balaban J connectivity index is 2.06. The van der Waals surface area contributed by atoms with E-state index in [1.54, 1.807) is 4.90 Å². The predicted octanol–water partition coefficient (Wildman–Crippen LogP) is 1.85. The van der Waals surface area contributed by atoms with Gasteiger partial charge in [0.2, 0.25) is 0 Å². The summed E-state index contributed by atoms with van der Waals surface area (Å²) in [6, 6.07) is 0. The van der Waals surface area contributed by atoms with Crippen molar-refractivity contribution in [2.24, 2.45) is 11.8 Å². The third-order valence-electron chi connectivity index (χ3n) is 3.35. The summed E-state index contributed by atoms with van der Waals surface area (Å²) in [5.74, 6) is 0.490. The van der Waals surface area contributed by atoms with E-state index in [9.17, 15) is 9.59 Å². The van der Waals surface area contributed by atoms with Crippen LogP contribution in [0, 0.1) is 11.8 Å². The highest BCUT2D eigenvalue weighted by Gasteiger charge is 2.33. The van der Waals surface area contributed by atoms with Gasteiger partial charge in [0.15, 0.2) is 0 Å². The summed E-state index contributed by atoms with van der Waals surface area (Å²) in [7, 11) is 0. The van der Waals surface area contributed by atoms with Crippen LogP contribution in [0.2, 0.25) is 0 Å². The summed E-state index contributed by atoms with van der Waals surface area (Å²) in [5, 5.41) is 0. The Morgan fingerprint density at radius 2 is 1.74 bits per heavy atom. The van der Waals surface area contributed by atoms with Crippen LogP contribution in [0.4, 0.5) is 4.79 Å². The summed E-state index contributed by atoms with van der Waals surface area (Å²) in [6.45, 7) is 7.81. The van der Waals surface area contributed by atoms with Crippen molar-refractivity contribution in [1.29, 1.82) is 0 Å². The SMILES string of the molecule is CC(C)(C)OC(=O)N1CC2COCC(CC(=O)C2)C1. The number of ether oxygens (including phenoxy) is 2. The molecule has 3 saturated heterocycles. The average molecular weight is 269 g/mol. The number of ketones is 1. The number of nitrogens with zero attached hydrogens (tertiary/aromatic N) is 1. The lowest BCUT2D eigenvalue weighted by Crippen LogP contribution is -2.47. The summed E-state index contributed by atoms with van der Waals surface area (Å²) in [6.07, 6.45) is 0.741. The molecule has 0 saturated carbocycles. The van der Waals surface area contributed by atoms with E-state index in [-0.39, 0.29) is 17.9 Å². The van der Waals surface area contributed by atoms with Crippen molar-refractivity contribution in [3.63, 3.8) is 0 Å². The summed E-state index contributed by atoms with van der Waals surface area (Å²) in [4.78, 5) is 25.7. The number of carbonyl (C=O) groups excluding carboxylic acids is 2. The molecular weight excluding hydrogens is 246 g/mol. The molecule has 1 amide bonds. The van der Waals surface area contributed by atoms with Gasteiger partial charge in [-0.15, -0.1) is 0 Å². The molecule has 5 heteroatoms.